The number of furan rings is 1. The highest BCUT2D eigenvalue weighted by Crippen LogP contribution is 2.32. The number of fused-ring (bicyclic) bond motifs is 3. The Morgan fingerprint density at radius 1 is 1.06 bits per heavy atom. The van der Waals surface area contributed by atoms with E-state index in [0.29, 0.717) is 17.6 Å². The van der Waals surface area contributed by atoms with E-state index in [9.17, 15) is 4.79 Å². The average molecular weight is 211 g/mol. The molecular formula is C13H9NO2. The fraction of sp³-hybridized carbons (Fsp3) is 0. The second kappa shape index (κ2) is 3.10. The minimum absolute atomic E-state index is 0.200. The van der Waals surface area contributed by atoms with Crippen LogP contribution in [0.4, 0.5) is 5.69 Å². The lowest BCUT2D eigenvalue weighted by molar-refractivity contribution is 0.110. The molecule has 3 heteroatoms. The molecule has 0 radical (unpaired) electrons. The van der Waals surface area contributed by atoms with Crippen LogP contribution in [0.1, 0.15) is 10.6 Å². The number of nitrogens with two attached hydrogens (primary N) is 1. The predicted octanol–water partition coefficient (Wildman–Crippen LogP) is 2.98. The minimum atomic E-state index is 0.200. The molecular weight excluding hydrogens is 202 g/mol. The third-order valence-electron chi connectivity index (χ3n) is 2.75. The predicted molar refractivity (Wildman–Crippen MR) is 63.5 cm³/mol. The van der Waals surface area contributed by atoms with E-state index in [1.54, 1.807) is 0 Å². The summed E-state index contributed by atoms with van der Waals surface area (Å²) in [4.78, 5) is 10.8. The molecule has 0 aliphatic carbocycles. The lowest BCUT2D eigenvalue weighted by Gasteiger charge is -1.97. The first-order chi connectivity index (χ1) is 7.81. The lowest BCUT2D eigenvalue weighted by atomic mass is 10.1. The summed E-state index contributed by atoms with van der Waals surface area (Å²) in [6, 6.07) is 11.7. The monoisotopic (exact) mass is 211 g/mol. The van der Waals surface area contributed by atoms with Crippen molar-refractivity contribution in [2.24, 2.45) is 0 Å². The number of nitrogen functional groups attached to an aromatic ring is 1. The summed E-state index contributed by atoms with van der Waals surface area (Å²) in [6.07, 6.45) is 0.643. The molecule has 0 saturated heterocycles. The molecule has 1 heterocycles. The Balaban J connectivity index is 2.56. The Kier molecular flexibility index (Phi) is 1.74. The SMILES string of the molecule is Nc1c(C=O)oc2c1ccc1ccccc12. The van der Waals surface area contributed by atoms with Crippen molar-refractivity contribution in [1.82, 2.24) is 0 Å². The number of carbonyl (C=O) groups is 1. The van der Waals surface area contributed by atoms with Crippen molar-refractivity contribution in [3.63, 3.8) is 0 Å². The van der Waals surface area contributed by atoms with Crippen LogP contribution in [0.5, 0.6) is 0 Å². The number of carbonyl (C=O) groups excluding carboxylic acids is 1. The molecule has 3 aromatic rings. The van der Waals surface area contributed by atoms with Crippen molar-refractivity contribution in [2.75, 3.05) is 5.73 Å². The Labute approximate surface area is 91.5 Å². The van der Waals surface area contributed by atoms with Gasteiger partial charge in [0.05, 0.1) is 5.69 Å². The highest BCUT2D eigenvalue weighted by Gasteiger charge is 2.12. The molecule has 0 saturated carbocycles. The summed E-state index contributed by atoms with van der Waals surface area (Å²) in [6.45, 7) is 0. The summed E-state index contributed by atoms with van der Waals surface area (Å²) >= 11 is 0. The first-order valence-corrected chi connectivity index (χ1v) is 4.96. The van der Waals surface area contributed by atoms with E-state index in [0.717, 1.165) is 16.2 Å². The van der Waals surface area contributed by atoms with Gasteiger partial charge in [0.15, 0.2) is 12.0 Å². The topological polar surface area (TPSA) is 56.2 Å². The van der Waals surface area contributed by atoms with Crippen LogP contribution in [-0.2, 0) is 0 Å². The first-order valence-electron chi connectivity index (χ1n) is 4.96. The zero-order valence-electron chi connectivity index (χ0n) is 8.44. The molecule has 0 fully saturated rings. The van der Waals surface area contributed by atoms with Crippen LogP contribution in [0.3, 0.4) is 0 Å². The molecule has 3 rings (SSSR count). The van der Waals surface area contributed by atoms with Crippen LogP contribution in [0.2, 0.25) is 0 Å². The molecule has 0 unspecified atom stereocenters. The molecule has 0 spiro atoms. The number of hydrogen-bond donors (Lipinski definition) is 1. The van der Waals surface area contributed by atoms with E-state index < -0.39 is 0 Å². The van der Waals surface area contributed by atoms with Crippen molar-refractivity contribution in [1.29, 1.82) is 0 Å². The van der Waals surface area contributed by atoms with E-state index in [-0.39, 0.29) is 5.76 Å². The van der Waals surface area contributed by atoms with Gasteiger partial charge in [0.2, 0.25) is 0 Å². The van der Waals surface area contributed by atoms with Crippen LogP contribution in [-0.4, -0.2) is 6.29 Å². The largest absolute Gasteiger partial charge is 0.450 e. The quantitative estimate of drug-likeness (QED) is 0.629. The molecule has 0 aliphatic rings. The fourth-order valence-corrected chi connectivity index (χ4v) is 1.95. The van der Waals surface area contributed by atoms with Crippen LogP contribution < -0.4 is 5.73 Å². The summed E-state index contributed by atoms with van der Waals surface area (Å²) in [5.41, 5.74) is 6.91. The molecule has 0 aliphatic heterocycles. The Hall–Kier alpha value is -2.29. The average Bonchev–Trinajstić information content (AvgIpc) is 2.67. The lowest BCUT2D eigenvalue weighted by Crippen LogP contribution is -1.86. The maximum atomic E-state index is 10.8. The smallest absolute Gasteiger partial charge is 0.190 e. The molecule has 1 aromatic heterocycles. The zero-order chi connectivity index (χ0) is 11.1. The van der Waals surface area contributed by atoms with Gasteiger partial charge >= 0.3 is 0 Å². The van der Waals surface area contributed by atoms with Crippen LogP contribution >= 0.6 is 0 Å². The summed E-state index contributed by atoms with van der Waals surface area (Å²) < 4.78 is 5.47. The van der Waals surface area contributed by atoms with Gasteiger partial charge in [0, 0.05) is 10.8 Å². The number of anilines is 1. The van der Waals surface area contributed by atoms with Crippen molar-refractivity contribution in [3.8, 4) is 0 Å². The zero-order valence-corrected chi connectivity index (χ0v) is 8.44. The molecule has 78 valence electrons. The highest BCUT2D eigenvalue weighted by molar-refractivity contribution is 6.10. The van der Waals surface area contributed by atoms with Crippen LogP contribution in [0.25, 0.3) is 21.7 Å². The van der Waals surface area contributed by atoms with Gasteiger partial charge in [-0.3, -0.25) is 4.79 Å². The molecule has 3 nitrogen and oxygen atoms in total. The Bertz CT molecular complexity index is 698. The Morgan fingerprint density at radius 3 is 2.69 bits per heavy atom. The molecule has 0 amide bonds. The summed E-state index contributed by atoms with van der Waals surface area (Å²) in [5.74, 6) is 0.200. The first kappa shape index (κ1) is 8.97. The second-order valence-corrected chi connectivity index (χ2v) is 3.66. The fourth-order valence-electron chi connectivity index (χ4n) is 1.95. The van der Waals surface area contributed by atoms with Gasteiger partial charge in [-0.05, 0) is 11.5 Å². The standard InChI is InChI=1S/C13H9NO2/c14-12-10-6-5-8-3-1-2-4-9(8)13(10)16-11(12)7-15/h1-7H,14H2. The van der Waals surface area contributed by atoms with Crippen molar-refractivity contribution in [3.05, 3.63) is 42.2 Å². The van der Waals surface area contributed by atoms with Gasteiger partial charge in [-0.2, -0.15) is 0 Å². The maximum Gasteiger partial charge on any atom is 0.190 e. The third-order valence-corrected chi connectivity index (χ3v) is 2.75. The number of hydrogen-bond acceptors (Lipinski definition) is 3. The van der Waals surface area contributed by atoms with Gasteiger partial charge in [-0.25, -0.2) is 0 Å². The second-order valence-electron chi connectivity index (χ2n) is 3.66. The third kappa shape index (κ3) is 1.05. The summed E-state index contributed by atoms with van der Waals surface area (Å²) in [7, 11) is 0. The van der Waals surface area contributed by atoms with Crippen molar-refractivity contribution >= 4 is 33.7 Å². The van der Waals surface area contributed by atoms with Crippen LogP contribution in [0, 0.1) is 0 Å². The number of rotatable bonds is 1. The van der Waals surface area contributed by atoms with E-state index in [4.69, 9.17) is 10.2 Å². The molecule has 2 aromatic carbocycles. The molecule has 0 bridgehead atoms. The van der Waals surface area contributed by atoms with Crippen molar-refractivity contribution < 1.29 is 9.21 Å². The molecule has 16 heavy (non-hydrogen) atoms. The van der Waals surface area contributed by atoms with Gasteiger partial charge in [0.25, 0.3) is 0 Å². The van der Waals surface area contributed by atoms with E-state index in [2.05, 4.69) is 0 Å². The Morgan fingerprint density at radius 2 is 1.88 bits per heavy atom. The van der Waals surface area contributed by atoms with Crippen molar-refractivity contribution in [2.45, 2.75) is 0 Å². The minimum Gasteiger partial charge on any atom is -0.450 e. The number of benzene rings is 2. The van der Waals surface area contributed by atoms with E-state index >= 15 is 0 Å². The maximum absolute atomic E-state index is 10.8. The van der Waals surface area contributed by atoms with E-state index in [1.807, 2.05) is 36.4 Å². The van der Waals surface area contributed by atoms with Gasteiger partial charge in [-0.15, -0.1) is 0 Å². The number of aldehydes is 1. The van der Waals surface area contributed by atoms with Gasteiger partial charge in [0.1, 0.15) is 5.58 Å². The van der Waals surface area contributed by atoms with Crippen LogP contribution in [0.15, 0.2) is 40.8 Å². The normalized spacial score (nSPS) is 11.0. The highest BCUT2D eigenvalue weighted by atomic mass is 16.3. The van der Waals surface area contributed by atoms with Gasteiger partial charge in [-0.1, -0.05) is 30.3 Å². The van der Waals surface area contributed by atoms with Gasteiger partial charge < -0.3 is 10.2 Å². The molecule has 2 N–H and O–H groups in total. The summed E-state index contributed by atoms with van der Waals surface area (Å²) in [5, 5.41) is 2.83. The van der Waals surface area contributed by atoms with E-state index in [1.165, 1.54) is 0 Å². The molecule has 0 atom stereocenters.